The lowest BCUT2D eigenvalue weighted by Crippen LogP contribution is -2.34. The van der Waals surface area contributed by atoms with E-state index in [0.717, 1.165) is 19.5 Å². The lowest BCUT2D eigenvalue weighted by atomic mass is 10.2. The quantitative estimate of drug-likeness (QED) is 0.679. The number of hydrogen-bond donors (Lipinski definition) is 1. The van der Waals surface area contributed by atoms with Crippen molar-refractivity contribution in [3.63, 3.8) is 0 Å². The molecule has 2 amide bonds. The van der Waals surface area contributed by atoms with E-state index in [1.165, 1.54) is 0 Å². The standard InChI is InChI=1S/C10H19N3O2/c1-12(2)8-5-6-13(7-8)10(15)4-3-9(11)14/h8H,3-7H2,1-2H3,(H2,11,14). The van der Waals surface area contributed by atoms with Crippen LogP contribution in [-0.2, 0) is 9.59 Å². The SMILES string of the molecule is CN(C)C1CCN(C(=O)CCC(N)=O)C1. The second-order valence-electron chi connectivity index (χ2n) is 4.21. The third-order valence-corrected chi connectivity index (χ3v) is 2.83. The smallest absolute Gasteiger partial charge is 0.223 e. The highest BCUT2D eigenvalue weighted by molar-refractivity contribution is 5.83. The van der Waals surface area contributed by atoms with Gasteiger partial charge in [0, 0.05) is 32.0 Å². The third-order valence-electron chi connectivity index (χ3n) is 2.83. The van der Waals surface area contributed by atoms with Crippen LogP contribution in [-0.4, -0.2) is 54.8 Å². The molecule has 0 aliphatic carbocycles. The Bertz CT molecular complexity index is 253. The monoisotopic (exact) mass is 213 g/mol. The van der Waals surface area contributed by atoms with Crippen LogP contribution in [0.4, 0.5) is 0 Å². The van der Waals surface area contributed by atoms with Crippen molar-refractivity contribution in [2.75, 3.05) is 27.2 Å². The second-order valence-corrected chi connectivity index (χ2v) is 4.21. The molecule has 0 aromatic rings. The van der Waals surface area contributed by atoms with Crippen LogP contribution in [0.2, 0.25) is 0 Å². The maximum atomic E-state index is 11.6. The van der Waals surface area contributed by atoms with Crippen LogP contribution in [0.25, 0.3) is 0 Å². The number of likely N-dealkylation sites (tertiary alicyclic amines) is 1. The highest BCUT2D eigenvalue weighted by Crippen LogP contribution is 2.14. The predicted molar refractivity (Wildman–Crippen MR) is 57.1 cm³/mol. The molecule has 0 radical (unpaired) electrons. The Morgan fingerprint density at radius 3 is 2.53 bits per heavy atom. The second kappa shape index (κ2) is 5.11. The average molecular weight is 213 g/mol. The number of likely N-dealkylation sites (N-methyl/N-ethyl adjacent to an activating group) is 1. The molecule has 1 atom stereocenters. The maximum Gasteiger partial charge on any atom is 0.223 e. The van der Waals surface area contributed by atoms with E-state index >= 15 is 0 Å². The Morgan fingerprint density at radius 1 is 1.40 bits per heavy atom. The Hall–Kier alpha value is -1.10. The summed E-state index contributed by atoms with van der Waals surface area (Å²) in [5.74, 6) is -0.371. The van der Waals surface area contributed by atoms with E-state index in [1.807, 2.05) is 19.0 Å². The molecule has 2 N–H and O–H groups in total. The van der Waals surface area contributed by atoms with Crippen LogP contribution in [0.5, 0.6) is 0 Å². The van der Waals surface area contributed by atoms with E-state index in [0.29, 0.717) is 6.04 Å². The fraction of sp³-hybridized carbons (Fsp3) is 0.800. The number of carbonyl (C=O) groups excluding carboxylic acids is 2. The van der Waals surface area contributed by atoms with Gasteiger partial charge in [0.15, 0.2) is 0 Å². The van der Waals surface area contributed by atoms with Gasteiger partial charge in [-0.1, -0.05) is 0 Å². The molecule has 5 heteroatoms. The number of amides is 2. The van der Waals surface area contributed by atoms with E-state index < -0.39 is 5.91 Å². The van der Waals surface area contributed by atoms with Gasteiger partial charge in [0.05, 0.1) is 0 Å². The summed E-state index contributed by atoms with van der Waals surface area (Å²) in [5, 5.41) is 0. The van der Waals surface area contributed by atoms with Gasteiger partial charge in [-0.15, -0.1) is 0 Å². The van der Waals surface area contributed by atoms with Crippen LogP contribution < -0.4 is 5.73 Å². The van der Waals surface area contributed by atoms with Crippen LogP contribution in [0.1, 0.15) is 19.3 Å². The summed E-state index contributed by atoms with van der Waals surface area (Å²) in [5.41, 5.74) is 5.00. The molecule has 15 heavy (non-hydrogen) atoms. The van der Waals surface area contributed by atoms with Gasteiger partial charge in [0.1, 0.15) is 0 Å². The molecule has 0 spiro atoms. The first-order valence-corrected chi connectivity index (χ1v) is 5.23. The minimum absolute atomic E-state index is 0.0400. The number of nitrogens with zero attached hydrogens (tertiary/aromatic N) is 2. The summed E-state index contributed by atoms with van der Waals surface area (Å²) in [6.07, 6.45) is 1.41. The molecule has 1 heterocycles. The van der Waals surface area contributed by atoms with Gasteiger partial charge in [-0.25, -0.2) is 0 Å². The van der Waals surface area contributed by atoms with Crippen molar-refractivity contribution in [1.29, 1.82) is 0 Å². The maximum absolute atomic E-state index is 11.6. The first-order chi connectivity index (χ1) is 7.00. The van der Waals surface area contributed by atoms with E-state index in [4.69, 9.17) is 5.73 Å². The molecule has 0 bridgehead atoms. The van der Waals surface area contributed by atoms with Gasteiger partial charge >= 0.3 is 0 Å². The zero-order chi connectivity index (χ0) is 11.4. The minimum Gasteiger partial charge on any atom is -0.370 e. The zero-order valence-corrected chi connectivity index (χ0v) is 9.40. The van der Waals surface area contributed by atoms with Crippen molar-refractivity contribution in [2.24, 2.45) is 5.73 Å². The van der Waals surface area contributed by atoms with Gasteiger partial charge in [0.25, 0.3) is 0 Å². The van der Waals surface area contributed by atoms with Gasteiger partial charge in [-0.3, -0.25) is 9.59 Å². The first kappa shape index (κ1) is 12.0. The summed E-state index contributed by atoms with van der Waals surface area (Å²) in [6, 6.07) is 0.447. The molecule has 0 aromatic carbocycles. The van der Waals surface area contributed by atoms with Gasteiger partial charge in [-0.2, -0.15) is 0 Å². The summed E-state index contributed by atoms with van der Waals surface area (Å²) < 4.78 is 0. The van der Waals surface area contributed by atoms with Crippen molar-refractivity contribution < 1.29 is 9.59 Å². The van der Waals surface area contributed by atoms with Crippen LogP contribution in [0, 0.1) is 0 Å². The van der Waals surface area contributed by atoms with Crippen molar-refractivity contribution in [3.05, 3.63) is 0 Å². The lowest BCUT2D eigenvalue weighted by molar-refractivity contribution is -0.132. The number of rotatable bonds is 4. The average Bonchev–Trinajstić information content (AvgIpc) is 2.62. The molecule has 5 nitrogen and oxygen atoms in total. The molecule has 1 saturated heterocycles. The first-order valence-electron chi connectivity index (χ1n) is 5.23. The van der Waals surface area contributed by atoms with Gasteiger partial charge < -0.3 is 15.5 Å². The molecule has 1 rings (SSSR count). The summed E-state index contributed by atoms with van der Waals surface area (Å²) in [7, 11) is 4.03. The molecular formula is C10H19N3O2. The Morgan fingerprint density at radius 2 is 2.07 bits per heavy atom. The summed E-state index contributed by atoms with van der Waals surface area (Å²) in [6.45, 7) is 1.56. The Labute approximate surface area is 90.2 Å². The van der Waals surface area contributed by atoms with E-state index in [1.54, 1.807) is 0 Å². The minimum atomic E-state index is -0.410. The van der Waals surface area contributed by atoms with E-state index in [2.05, 4.69) is 4.90 Å². The molecule has 1 unspecified atom stereocenters. The number of primary amides is 1. The molecule has 1 aliphatic heterocycles. The van der Waals surface area contributed by atoms with Gasteiger partial charge in [0.2, 0.25) is 11.8 Å². The normalized spacial score (nSPS) is 21.0. The van der Waals surface area contributed by atoms with Crippen molar-refractivity contribution in [3.8, 4) is 0 Å². The van der Waals surface area contributed by atoms with Crippen LogP contribution >= 0.6 is 0 Å². The Kier molecular flexibility index (Phi) is 4.08. The molecule has 1 fully saturated rings. The van der Waals surface area contributed by atoms with Crippen LogP contribution in [0.3, 0.4) is 0 Å². The lowest BCUT2D eigenvalue weighted by Gasteiger charge is -2.20. The predicted octanol–water partition coefficient (Wildman–Crippen LogP) is -0.586. The van der Waals surface area contributed by atoms with E-state index in [9.17, 15) is 9.59 Å². The zero-order valence-electron chi connectivity index (χ0n) is 9.40. The Balaban J connectivity index is 2.33. The van der Waals surface area contributed by atoms with E-state index in [-0.39, 0.29) is 18.7 Å². The number of hydrogen-bond acceptors (Lipinski definition) is 3. The molecule has 86 valence electrons. The fourth-order valence-corrected chi connectivity index (χ4v) is 1.78. The van der Waals surface area contributed by atoms with Crippen molar-refractivity contribution in [1.82, 2.24) is 9.80 Å². The molecule has 0 saturated carbocycles. The topological polar surface area (TPSA) is 66.6 Å². The summed E-state index contributed by atoms with van der Waals surface area (Å²) >= 11 is 0. The number of carbonyl (C=O) groups is 2. The molecular weight excluding hydrogens is 194 g/mol. The largest absolute Gasteiger partial charge is 0.370 e. The highest BCUT2D eigenvalue weighted by Gasteiger charge is 2.26. The third kappa shape index (κ3) is 3.51. The fourth-order valence-electron chi connectivity index (χ4n) is 1.78. The molecule has 0 aromatic heterocycles. The van der Waals surface area contributed by atoms with Crippen molar-refractivity contribution >= 4 is 11.8 Å². The van der Waals surface area contributed by atoms with Gasteiger partial charge in [-0.05, 0) is 20.5 Å². The van der Waals surface area contributed by atoms with Crippen molar-refractivity contribution in [2.45, 2.75) is 25.3 Å². The highest BCUT2D eigenvalue weighted by atomic mass is 16.2. The van der Waals surface area contributed by atoms with Crippen LogP contribution in [0.15, 0.2) is 0 Å². The molecule has 1 aliphatic rings. The summed E-state index contributed by atoms with van der Waals surface area (Å²) in [4.78, 5) is 26.1. The number of nitrogens with two attached hydrogens (primary N) is 1.